The van der Waals surface area contributed by atoms with Crippen LogP contribution in [0.15, 0.2) is 23.2 Å². The van der Waals surface area contributed by atoms with Crippen molar-refractivity contribution in [3.8, 4) is 11.5 Å². The number of carboxylic acid groups (broad SMARTS) is 1. The summed E-state index contributed by atoms with van der Waals surface area (Å²) in [6, 6.07) is 5.14. The average Bonchev–Trinajstić information content (AvgIpc) is 2.84. The van der Waals surface area contributed by atoms with Gasteiger partial charge >= 0.3 is 5.97 Å². The SMILES string of the molecule is COc1cc(CN[C@](CCCN=C(N)N)(C(=O)O)N(C(C)=O)C(=O)C2CCCCC2)cc(OC)c1. The summed E-state index contributed by atoms with van der Waals surface area (Å²) < 4.78 is 10.6. The van der Waals surface area contributed by atoms with Crippen molar-refractivity contribution in [2.75, 3.05) is 20.8 Å². The fourth-order valence-corrected chi connectivity index (χ4v) is 4.46. The highest BCUT2D eigenvalue weighted by Gasteiger charge is 2.49. The van der Waals surface area contributed by atoms with E-state index in [0.29, 0.717) is 29.9 Å². The molecule has 0 saturated heterocycles. The maximum absolute atomic E-state index is 13.5. The molecule has 35 heavy (non-hydrogen) atoms. The van der Waals surface area contributed by atoms with Crippen LogP contribution in [0.2, 0.25) is 0 Å². The summed E-state index contributed by atoms with van der Waals surface area (Å²) in [5, 5.41) is 13.4. The number of nitrogens with one attached hydrogen (secondary N) is 1. The number of amides is 2. The number of benzene rings is 1. The number of hydrogen-bond donors (Lipinski definition) is 4. The molecule has 0 radical (unpaired) electrons. The molecule has 11 heteroatoms. The third-order valence-corrected chi connectivity index (χ3v) is 6.21. The molecule has 194 valence electrons. The van der Waals surface area contributed by atoms with E-state index in [1.807, 2.05) is 0 Å². The molecule has 0 aromatic heterocycles. The Kier molecular flexibility index (Phi) is 10.3. The highest BCUT2D eigenvalue weighted by atomic mass is 16.5. The van der Waals surface area contributed by atoms with Crippen molar-refractivity contribution >= 4 is 23.7 Å². The van der Waals surface area contributed by atoms with Crippen molar-refractivity contribution in [3.63, 3.8) is 0 Å². The number of hydrogen-bond acceptors (Lipinski definition) is 7. The maximum atomic E-state index is 13.5. The zero-order chi connectivity index (χ0) is 26.0. The lowest BCUT2D eigenvalue weighted by molar-refractivity contribution is -0.171. The standard InChI is InChI=1S/C24H37N5O6/c1-16(30)29(21(31)18-8-5-4-6-9-18)24(22(32)33,10-7-11-27-23(25)26)28-15-17-12-19(34-2)14-20(13-17)35-3/h12-14,18,28H,4-11,15H2,1-3H3,(H,32,33)(H4,25,26,27)/t24-/m0/s1. The minimum absolute atomic E-state index is 0.0316. The minimum Gasteiger partial charge on any atom is -0.497 e. The Morgan fingerprint density at radius 3 is 2.20 bits per heavy atom. The Labute approximate surface area is 205 Å². The second-order valence-corrected chi connectivity index (χ2v) is 8.68. The number of rotatable bonds is 12. The Morgan fingerprint density at radius 1 is 1.11 bits per heavy atom. The van der Waals surface area contributed by atoms with Crippen LogP contribution in [-0.2, 0) is 20.9 Å². The molecule has 0 spiro atoms. The molecule has 0 unspecified atom stereocenters. The topological polar surface area (TPSA) is 170 Å². The number of carbonyl (C=O) groups is 3. The first kappa shape index (κ1) is 27.9. The molecule has 0 aliphatic heterocycles. The van der Waals surface area contributed by atoms with Gasteiger partial charge in [-0.1, -0.05) is 19.3 Å². The molecular weight excluding hydrogens is 454 g/mol. The van der Waals surface area contributed by atoms with Crippen molar-refractivity contribution in [3.05, 3.63) is 23.8 Å². The molecule has 2 amide bonds. The van der Waals surface area contributed by atoms with Crippen LogP contribution < -0.4 is 26.3 Å². The first-order valence-corrected chi connectivity index (χ1v) is 11.7. The van der Waals surface area contributed by atoms with Crippen molar-refractivity contribution in [1.29, 1.82) is 0 Å². The van der Waals surface area contributed by atoms with E-state index < -0.39 is 29.4 Å². The molecule has 1 aromatic rings. The monoisotopic (exact) mass is 491 g/mol. The molecule has 1 aliphatic rings. The van der Waals surface area contributed by atoms with E-state index in [4.69, 9.17) is 20.9 Å². The second-order valence-electron chi connectivity index (χ2n) is 8.68. The molecule has 1 aliphatic carbocycles. The Hall–Kier alpha value is -3.34. The lowest BCUT2D eigenvalue weighted by Crippen LogP contribution is -2.67. The van der Waals surface area contributed by atoms with Crippen molar-refractivity contribution < 1.29 is 29.0 Å². The molecule has 6 N–H and O–H groups in total. The van der Waals surface area contributed by atoms with Gasteiger partial charge in [-0.15, -0.1) is 0 Å². The average molecular weight is 492 g/mol. The summed E-state index contributed by atoms with van der Waals surface area (Å²) in [6.45, 7) is 1.39. The van der Waals surface area contributed by atoms with Crippen LogP contribution in [0.5, 0.6) is 11.5 Å². The number of imide groups is 1. The normalized spacial score (nSPS) is 15.5. The number of ether oxygens (including phenoxy) is 2. The Morgan fingerprint density at radius 2 is 1.71 bits per heavy atom. The van der Waals surface area contributed by atoms with E-state index in [2.05, 4.69) is 10.3 Å². The summed E-state index contributed by atoms with van der Waals surface area (Å²) in [4.78, 5) is 44.0. The zero-order valence-electron chi connectivity index (χ0n) is 20.7. The smallest absolute Gasteiger partial charge is 0.345 e. The maximum Gasteiger partial charge on any atom is 0.345 e. The van der Waals surface area contributed by atoms with E-state index in [1.54, 1.807) is 18.2 Å². The number of carbonyl (C=O) groups excluding carboxylic acids is 2. The van der Waals surface area contributed by atoms with Crippen LogP contribution in [0.3, 0.4) is 0 Å². The van der Waals surface area contributed by atoms with Crippen LogP contribution in [0.25, 0.3) is 0 Å². The van der Waals surface area contributed by atoms with Crippen LogP contribution in [-0.4, -0.2) is 60.2 Å². The van der Waals surface area contributed by atoms with E-state index in [0.717, 1.165) is 24.2 Å². The molecule has 1 fully saturated rings. The summed E-state index contributed by atoms with van der Waals surface area (Å²) in [5.74, 6) is -1.92. The number of aliphatic imine (C=N–C) groups is 1. The van der Waals surface area contributed by atoms with Gasteiger partial charge in [0.05, 0.1) is 14.2 Å². The Balaban J connectivity index is 2.45. The largest absolute Gasteiger partial charge is 0.497 e. The molecular formula is C24H37N5O6. The Bertz CT molecular complexity index is 905. The van der Waals surface area contributed by atoms with Gasteiger partial charge < -0.3 is 26.0 Å². The molecule has 0 bridgehead atoms. The summed E-state index contributed by atoms with van der Waals surface area (Å²) >= 11 is 0. The van der Waals surface area contributed by atoms with Gasteiger partial charge in [-0.2, -0.15) is 0 Å². The summed E-state index contributed by atoms with van der Waals surface area (Å²) in [5.41, 5.74) is 9.46. The number of aliphatic carboxylic acids is 1. The van der Waals surface area contributed by atoms with E-state index in [-0.39, 0.29) is 31.9 Å². The number of nitrogens with two attached hydrogens (primary N) is 2. The van der Waals surface area contributed by atoms with Gasteiger partial charge in [0.25, 0.3) is 0 Å². The van der Waals surface area contributed by atoms with Crippen LogP contribution in [0.1, 0.15) is 57.4 Å². The van der Waals surface area contributed by atoms with E-state index in [9.17, 15) is 19.5 Å². The quantitative estimate of drug-likeness (QED) is 0.147. The molecule has 1 aromatic carbocycles. The number of methoxy groups -OCH3 is 2. The molecule has 1 atom stereocenters. The first-order valence-electron chi connectivity index (χ1n) is 11.7. The summed E-state index contributed by atoms with van der Waals surface area (Å²) in [7, 11) is 3.02. The van der Waals surface area contributed by atoms with Gasteiger partial charge in [0.15, 0.2) is 11.6 Å². The summed E-state index contributed by atoms with van der Waals surface area (Å²) in [6.07, 6.45) is 4.13. The minimum atomic E-state index is -1.99. The second kappa shape index (κ2) is 12.9. The van der Waals surface area contributed by atoms with Crippen LogP contribution in [0, 0.1) is 5.92 Å². The third kappa shape index (κ3) is 7.32. The lowest BCUT2D eigenvalue weighted by Gasteiger charge is -2.41. The van der Waals surface area contributed by atoms with Gasteiger partial charge in [-0.3, -0.25) is 24.8 Å². The lowest BCUT2D eigenvalue weighted by atomic mass is 9.87. The fourth-order valence-electron chi connectivity index (χ4n) is 4.46. The van der Waals surface area contributed by atoms with Crippen LogP contribution >= 0.6 is 0 Å². The van der Waals surface area contributed by atoms with Gasteiger partial charge in [-0.05, 0) is 43.4 Å². The highest BCUT2D eigenvalue weighted by molar-refractivity contribution is 6.01. The number of carboxylic acids is 1. The molecule has 1 saturated carbocycles. The van der Waals surface area contributed by atoms with Crippen LogP contribution in [0.4, 0.5) is 0 Å². The van der Waals surface area contributed by atoms with Crippen molar-refractivity contribution in [2.45, 2.75) is 64.1 Å². The van der Waals surface area contributed by atoms with Gasteiger partial charge in [-0.25, -0.2) is 4.79 Å². The molecule has 11 nitrogen and oxygen atoms in total. The van der Waals surface area contributed by atoms with E-state index >= 15 is 0 Å². The third-order valence-electron chi connectivity index (χ3n) is 6.21. The molecule has 2 rings (SSSR count). The first-order chi connectivity index (χ1) is 16.6. The fraction of sp³-hybridized carbons (Fsp3) is 0.583. The number of nitrogens with zero attached hydrogens (tertiary/aromatic N) is 2. The van der Waals surface area contributed by atoms with Gasteiger partial charge in [0.1, 0.15) is 11.5 Å². The van der Waals surface area contributed by atoms with Gasteiger partial charge in [0.2, 0.25) is 11.8 Å². The van der Waals surface area contributed by atoms with Gasteiger partial charge in [0, 0.05) is 32.0 Å². The molecule has 0 heterocycles. The highest BCUT2D eigenvalue weighted by Crippen LogP contribution is 2.31. The number of guanidine groups is 1. The van der Waals surface area contributed by atoms with E-state index in [1.165, 1.54) is 21.1 Å². The predicted octanol–water partition coefficient (Wildman–Crippen LogP) is 1.58. The zero-order valence-corrected chi connectivity index (χ0v) is 20.7. The predicted molar refractivity (Wildman–Crippen MR) is 131 cm³/mol. The van der Waals surface area contributed by atoms with Crippen molar-refractivity contribution in [2.24, 2.45) is 22.4 Å². The van der Waals surface area contributed by atoms with Crippen molar-refractivity contribution in [1.82, 2.24) is 10.2 Å².